The first-order valence-electron chi connectivity index (χ1n) is 14.6. The lowest BCUT2D eigenvalue weighted by Gasteiger charge is -2.32. The number of rotatable bonds is 10. The van der Waals surface area contributed by atoms with Gasteiger partial charge in [-0.15, -0.1) is 0 Å². The van der Waals surface area contributed by atoms with Gasteiger partial charge in [0.05, 0.1) is 31.7 Å². The number of nitrogens with one attached hydrogen (secondary N) is 2. The summed E-state index contributed by atoms with van der Waals surface area (Å²) in [7, 11) is 0. The van der Waals surface area contributed by atoms with Crippen molar-refractivity contribution in [1.82, 2.24) is 24.6 Å². The number of carbonyl (C=O) groups excluding carboxylic acids is 1. The van der Waals surface area contributed by atoms with E-state index in [1.807, 2.05) is 41.3 Å². The molecule has 1 aromatic heterocycles. The van der Waals surface area contributed by atoms with Gasteiger partial charge in [-0.05, 0) is 23.3 Å². The van der Waals surface area contributed by atoms with Gasteiger partial charge in [0.1, 0.15) is 0 Å². The highest BCUT2D eigenvalue weighted by molar-refractivity contribution is 5.98. The highest BCUT2D eigenvalue weighted by Crippen LogP contribution is 2.27. The van der Waals surface area contributed by atoms with Crippen molar-refractivity contribution in [3.8, 4) is 11.1 Å². The van der Waals surface area contributed by atoms with Crippen LogP contribution in [0.25, 0.3) is 22.0 Å². The lowest BCUT2D eigenvalue weighted by Crippen LogP contribution is -2.49. The molecule has 4 rings (SSSR count). The zero-order valence-corrected chi connectivity index (χ0v) is 24.9. The van der Waals surface area contributed by atoms with E-state index in [2.05, 4.69) is 10.3 Å². The van der Waals surface area contributed by atoms with Crippen LogP contribution in [0, 0.1) is 0 Å². The minimum absolute atomic E-state index is 0.0361. The summed E-state index contributed by atoms with van der Waals surface area (Å²) in [6, 6.07) is 16.4. The van der Waals surface area contributed by atoms with E-state index < -0.39 is 17.9 Å². The molecule has 1 saturated heterocycles. The number of amides is 1. The van der Waals surface area contributed by atoms with Crippen LogP contribution in [-0.4, -0.2) is 142 Å². The Morgan fingerprint density at radius 1 is 0.644 bits per heavy atom. The monoisotopic (exact) mass is 622 g/mol. The van der Waals surface area contributed by atoms with Crippen LogP contribution in [0.2, 0.25) is 0 Å². The van der Waals surface area contributed by atoms with Gasteiger partial charge in [0, 0.05) is 69.5 Å². The Labute approximate surface area is 259 Å². The van der Waals surface area contributed by atoms with Crippen LogP contribution in [0.4, 0.5) is 5.69 Å². The van der Waals surface area contributed by atoms with Gasteiger partial charge in [0.25, 0.3) is 0 Å². The number of hydrogen-bond acceptors (Lipinski definition) is 9. The molecule has 0 saturated carbocycles. The molecule has 14 nitrogen and oxygen atoms in total. The smallest absolute Gasteiger partial charge is 0.317 e. The molecule has 240 valence electrons. The van der Waals surface area contributed by atoms with Crippen molar-refractivity contribution in [3.63, 3.8) is 0 Å². The Balaban J connectivity index is 1.49. The average molecular weight is 623 g/mol. The maximum atomic E-state index is 13.2. The normalized spacial score (nSPS) is 16.4. The molecule has 1 aliphatic rings. The number of carboxylic acids is 3. The number of hydrogen-bond donors (Lipinski definition) is 5. The van der Waals surface area contributed by atoms with Crippen molar-refractivity contribution in [3.05, 3.63) is 65.0 Å². The summed E-state index contributed by atoms with van der Waals surface area (Å²) in [6.07, 6.45) is 0. The molecule has 3 aromatic rings. The van der Waals surface area contributed by atoms with Gasteiger partial charge in [0.2, 0.25) is 11.5 Å². The van der Waals surface area contributed by atoms with E-state index in [4.69, 9.17) is 0 Å². The number of benzene rings is 2. The van der Waals surface area contributed by atoms with Crippen LogP contribution < -0.4 is 10.9 Å². The first kappa shape index (κ1) is 33.3. The van der Waals surface area contributed by atoms with E-state index in [1.54, 1.807) is 26.8 Å². The van der Waals surface area contributed by atoms with E-state index in [9.17, 15) is 39.3 Å². The quantitative estimate of drug-likeness (QED) is 0.212. The maximum absolute atomic E-state index is 13.2. The predicted octanol–water partition coefficient (Wildman–Crippen LogP) is 0.609. The van der Waals surface area contributed by atoms with E-state index in [1.165, 1.54) is 6.07 Å². The number of aliphatic carboxylic acids is 3. The van der Waals surface area contributed by atoms with E-state index >= 15 is 0 Å². The lowest BCUT2D eigenvalue weighted by molar-refractivity contribution is -0.140. The summed E-state index contributed by atoms with van der Waals surface area (Å²) >= 11 is 0. The molecule has 0 bridgehead atoms. The van der Waals surface area contributed by atoms with Gasteiger partial charge in [-0.2, -0.15) is 0 Å². The minimum Gasteiger partial charge on any atom is -0.480 e. The fourth-order valence-electron chi connectivity index (χ4n) is 5.38. The van der Waals surface area contributed by atoms with Crippen molar-refractivity contribution >= 4 is 40.4 Å². The van der Waals surface area contributed by atoms with Crippen molar-refractivity contribution in [2.75, 3.05) is 83.9 Å². The van der Waals surface area contributed by atoms with E-state index in [0.717, 1.165) is 16.5 Å². The number of pyridine rings is 1. The van der Waals surface area contributed by atoms with Gasteiger partial charge < -0.3 is 25.6 Å². The number of fused-ring (bicyclic) bond motifs is 1. The Bertz CT molecular complexity index is 1530. The topological polar surface area (TPSA) is 187 Å². The Hall–Kier alpha value is -4.63. The molecular formula is C31H38N6O8. The van der Waals surface area contributed by atoms with Crippen molar-refractivity contribution in [2.45, 2.75) is 0 Å². The summed E-state index contributed by atoms with van der Waals surface area (Å²) in [5.74, 6) is -3.39. The number of aromatic amines is 1. The Morgan fingerprint density at radius 3 is 1.58 bits per heavy atom. The first-order valence-corrected chi connectivity index (χ1v) is 14.6. The molecule has 2 aromatic carbocycles. The van der Waals surface area contributed by atoms with Crippen LogP contribution in [0.1, 0.15) is 0 Å². The molecule has 0 radical (unpaired) electrons. The minimum atomic E-state index is -1.02. The molecule has 0 spiro atoms. The molecule has 45 heavy (non-hydrogen) atoms. The Kier molecular flexibility index (Phi) is 11.8. The molecule has 0 unspecified atom stereocenters. The van der Waals surface area contributed by atoms with Gasteiger partial charge in [0.15, 0.2) is 0 Å². The maximum Gasteiger partial charge on any atom is 0.317 e. The predicted molar refractivity (Wildman–Crippen MR) is 167 cm³/mol. The van der Waals surface area contributed by atoms with Crippen LogP contribution in [-0.2, 0) is 19.2 Å². The van der Waals surface area contributed by atoms with Crippen molar-refractivity contribution in [2.24, 2.45) is 0 Å². The summed E-state index contributed by atoms with van der Waals surface area (Å²) in [5, 5.41) is 31.8. The molecule has 5 N–H and O–H groups in total. The second-order valence-corrected chi connectivity index (χ2v) is 11.0. The fourth-order valence-corrected chi connectivity index (χ4v) is 5.38. The molecule has 0 aliphatic carbocycles. The third-order valence-corrected chi connectivity index (χ3v) is 7.59. The van der Waals surface area contributed by atoms with Crippen LogP contribution >= 0.6 is 0 Å². The largest absolute Gasteiger partial charge is 0.480 e. The highest BCUT2D eigenvalue weighted by atomic mass is 16.4. The first-order chi connectivity index (χ1) is 21.5. The van der Waals surface area contributed by atoms with E-state index in [0.29, 0.717) is 50.5 Å². The molecular weight excluding hydrogens is 584 g/mol. The highest BCUT2D eigenvalue weighted by Gasteiger charge is 2.21. The summed E-state index contributed by atoms with van der Waals surface area (Å²) in [5.41, 5.74) is 2.45. The number of anilines is 1. The number of carboxylic acid groups (broad SMARTS) is 3. The van der Waals surface area contributed by atoms with Crippen LogP contribution in [0.5, 0.6) is 0 Å². The number of nitrogens with zero attached hydrogens (tertiary/aromatic N) is 4. The van der Waals surface area contributed by atoms with E-state index in [-0.39, 0.29) is 50.7 Å². The zero-order chi connectivity index (χ0) is 32.3. The lowest BCUT2D eigenvalue weighted by atomic mass is 10.0. The SMILES string of the molecule is O=C(O)CN1CCN(CC(=O)O)CCN(CC(=O)Nc2ccc3c(-c4ccccc4)cc(=O)[nH]c3c2)CCN(CC(=O)O)CC1. The second kappa shape index (κ2) is 15.9. The van der Waals surface area contributed by atoms with Crippen LogP contribution in [0.15, 0.2) is 59.4 Å². The van der Waals surface area contributed by atoms with Gasteiger partial charge >= 0.3 is 17.9 Å². The number of H-pyrrole nitrogens is 1. The molecule has 0 atom stereocenters. The van der Waals surface area contributed by atoms with Crippen molar-refractivity contribution in [1.29, 1.82) is 0 Å². The molecule has 1 fully saturated rings. The van der Waals surface area contributed by atoms with Gasteiger partial charge in [-0.1, -0.05) is 36.4 Å². The Morgan fingerprint density at radius 2 is 1.11 bits per heavy atom. The molecule has 1 aliphatic heterocycles. The number of carbonyl (C=O) groups is 4. The second-order valence-electron chi connectivity index (χ2n) is 11.0. The standard InChI is InChI=1S/C31H38N6O8/c38-27-17-25(22-4-2-1-3-5-22)24-7-6-23(16-26(24)33-27)32-28(39)18-34-8-10-35(19-29(40)41)12-14-37(21-31(44)45)15-13-36(11-9-34)20-30(42)43/h1-7,16-17H,8-15,18-21H2,(H,32,39)(H,33,38)(H,40,41)(H,42,43)(H,44,45). The van der Waals surface area contributed by atoms with Crippen molar-refractivity contribution < 1.29 is 34.5 Å². The average Bonchev–Trinajstić information content (AvgIpc) is 2.97. The summed E-state index contributed by atoms with van der Waals surface area (Å²) in [6.45, 7) is 1.65. The zero-order valence-electron chi connectivity index (χ0n) is 24.9. The molecule has 1 amide bonds. The number of aromatic nitrogens is 1. The third-order valence-electron chi connectivity index (χ3n) is 7.59. The van der Waals surface area contributed by atoms with Gasteiger partial charge in [-0.3, -0.25) is 43.6 Å². The summed E-state index contributed by atoms with van der Waals surface area (Å²) in [4.78, 5) is 69.8. The third kappa shape index (κ3) is 10.5. The summed E-state index contributed by atoms with van der Waals surface area (Å²) < 4.78 is 0. The fraction of sp³-hybridized carbons (Fsp3) is 0.387. The molecule has 14 heteroatoms. The molecule has 2 heterocycles. The van der Waals surface area contributed by atoms with Gasteiger partial charge in [-0.25, -0.2) is 0 Å². The van der Waals surface area contributed by atoms with Crippen LogP contribution in [0.3, 0.4) is 0 Å².